The van der Waals surface area contributed by atoms with E-state index in [9.17, 15) is 4.79 Å². The first-order chi connectivity index (χ1) is 13.1. The van der Waals surface area contributed by atoms with Crippen molar-refractivity contribution >= 4 is 27.8 Å². The molecule has 3 heterocycles. The van der Waals surface area contributed by atoms with Gasteiger partial charge in [0.2, 0.25) is 0 Å². The van der Waals surface area contributed by atoms with Gasteiger partial charge in [-0.2, -0.15) is 0 Å². The van der Waals surface area contributed by atoms with Gasteiger partial charge in [-0.25, -0.2) is 0 Å². The number of para-hydroxylation sites is 1. The van der Waals surface area contributed by atoms with Crippen LogP contribution in [0.1, 0.15) is 35.9 Å². The molecular weight excluding hydrogens is 336 g/mol. The summed E-state index contributed by atoms with van der Waals surface area (Å²) in [5.41, 5.74) is 5.22. The summed E-state index contributed by atoms with van der Waals surface area (Å²) >= 11 is 0. The van der Waals surface area contributed by atoms with Crippen LogP contribution in [0.15, 0.2) is 54.9 Å². The fourth-order valence-electron chi connectivity index (χ4n) is 3.80. The summed E-state index contributed by atoms with van der Waals surface area (Å²) in [6.07, 6.45) is 4.36. The second-order valence-electron chi connectivity index (χ2n) is 7.17. The van der Waals surface area contributed by atoms with Crippen LogP contribution in [0.2, 0.25) is 0 Å². The van der Waals surface area contributed by atoms with E-state index < -0.39 is 0 Å². The van der Waals surface area contributed by atoms with Gasteiger partial charge in [-0.3, -0.25) is 9.78 Å². The zero-order chi connectivity index (χ0) is 19.0. The predicted molar refractivity (Wildman–Crippen MR) is 109 cm³/mol. The summed E-state index contributed by atoms with van der Waals surface area (Å²) in [6.45, 7) is 4.83. The van der Waals surface area contributed by atoms with Gasteiger partial charge < -0.3 is 14.5 Å². The monoisotopic (exact) mass is 360 g/mol. The van der Waals surface area contributed by atoms with Crippen molar-refractivity contribution in [2.45, 2.75) is 26.3 Å². The maximum Gasteiger partial charge on any atom is 0.268 e. The standard InChI is InChI=1S/C22H24N4O/c1-15(2)26-20(22(27)24-12-10-16-7-6-11-23-14-16)13-19-21(26)17-8-4-5-9-18(17)25(19)3/h4-9,11,13-15H,10,12H2,1-3H3,(H,24,27). The third-order valence-electron chi connectivity index (χ3n) is 5.07. The number of aromatic nitrogens is 3. The first kappa shape index (κ1) is 17.3. The van der Waals surface area contributed by atoms with Crippen molar-refractivity contribution in [3.63, 3.8) is 0 Å². The maximum absolute atomic E-state index is 12.9. The lowest BCUT2D eigenvalue weighted by atomic mass is 10.2. The average molecular weight is 360 g/mol. The van der Waals surface area contributed by atoms with Crippen molar-refractivity contribution in [3.8, 4) is 0 Å². The van der Waals surface area contributed by atoms with Crippen LogP contribution < -0.4 is 5.32 Å². The summed E-state index contributed by atoms with van der Waals surface area (Å²) in [7, 11) is 2.05. The summed E-state index contributed by atoms with van der Waals surface area (Å²) in [6, 6.07) is 14.5. The summed E-state index contributed by atoms with van der Waals surface area (Å²) < 4.78 is 4.31. The molecule has 27 heavy (non-hydrogen) atoms. The molecule has 4 rings (SSSR count). The molecule has 0 saturated heterocycles. The Hall–Kier alpha value is -3.08. The van der Waals surface area contributed by atoms with Gasteiger partial charge >= 0.3 is 0 Å². The number of nitrogens with one attached hydrogen (secondary N) is 1. The summed E-state index contributed by atoms with van der Waals surface area (Å²) in [5, 5.41) is 4.24. The Morgan fingerprint density at radius 3 is 2.70 bits per heavy atom. The van der Waals surface area contributed by atoms with Gasteiger partial charge in [-0.15, -0.1) is 0 Å². The number of amides is 1. The lowest BCUT2D eigenvalue weighted by Gasteiger charge is -2.14. The number of carbonyl (C=O) groups is 1. The average Bonchev–Trinajstić information content (AvgIpc) is 3.20. The topological polar surface area (TPSA) is 51.9 Å². The Bertz CT molecular complexity index is 1110. The van der Waals surface area contributed by atoms with Crippen LogP contribution >= 0.6 is 0 Å². The van der Waals surface area contributed by atoms with E-state index >= 15 is 0 Å². The third-order valence-corrected chi connectivity index (χ3v) is 5.07. The highest BCUT2D eigenvalue weighted by Crippen LogP contribution is 2.33. The molecule has 5 heteroatoms. The molecule has 0 aliphatic carbocycles. The van der Waals surface area contributed by atoms with Crippen LogP contribution in [0, 0.1) is 0 Å². The van der Waals surface area contributed by atoms with Crippen LogP contribution in [-0.2, 0) is 13.5 Å². The quantitative estimate of drug-likeness (QED) is 0.583. The second-order valence-corrected chi connectivity index (χ2v) is 7.17. The highest BCUT2D eigenvalue weighted by molar-refractivity contribution is 6.10. The molecular formula is C22H24N4O. The SMILES string of the molecule is CC(C)n1c(C(=O)NCCc2cccnc2)cc2c1c1ccccc1n2C. The van der Waals surface area contributed by atoms with Crippen LogP contribution in [0.3, 0.4) is 0 Å². The Kier molecular flexibility index (Phi) is 4.44. The normalized spacial score (nSPS) is 11.6. The fourth-order valence-corrected chi connectivity index (χ4v) is 3.80. The third kappa shape index (κ3) is 2.99. The van der Waals surface area contributed by atoms with Gasteiger partial charge in [0.05, 0.1) is 16.6 Å². The molecule has 0 aliphatic rings. The minimum Gasteiger partial charge on any atom is -0.350 e. The van der Waals surface area contributed by atoms with Gasteiger partial charge in [0, 0.05) is 37.4 Å². The Balaban J connectivity index is 1.67. The zero-order valence-electron chi connectivity index (χ0n) is 15.9. The van der Waals surface area contributed by atoms with Gasteiger partial charge in [0.1, 0.15) is 5.69 Å². The number of aryl methyl sites for hydroxylation is 1. The number of hydrogen-bond acceptors (Lipinski definition) is 2. The minimum absolute atomic E-state index is 0.0344. The molecule has 0 fully saturated rings. The van der Waals surface area contributed by atoms with E-state index in [1.54, 1.807) is 6.20 Å². The van der Waals surface area contributed by atoms with Crippen molar-refractivity contribution in [3.05, 3.63) is 66.1 Å². The Labute approximate surface area is 158 Å². The highest BCUT2D eigenvalue weighted by Gasteiger charge is 2.21. The van der Waals surface area contributed by atoms with Crippen molar-refractivity contribution in [2.75, 3.05) is 6.54 Å². The largest absolute Gasteiger partial charge is 0.350 e. The second kappa shape index (κ2) is 6.91. The van der Waals surface area contributed by atoms with Gasteiger partial charge in [-0.05, 0) is 44.0 Å². The van der Waals surface area contributed by atoms with E-state index in [-0.39, 0.29) is 11.9 Å². The van der Waals surface area contributed by atoms with Crippen molar-refractivity contribution in [1.29, 1.82) is 0 Å². The molecule has 4 aromatic rings. The van der Waals surface area contributed by atoms with E-state index in [0.29, 0.717) is 12.2 Å². The predicted octanol–water partition coefficient (Wildman–Crippen LogP) is 4.08. The number of carbonyl (C=O) groups excluding carboxylic acids is 1. The van der Waals surface area contributed by atoms with Gasteiger partial charge in [0.25, 0.3) is 5.91 Å². The Morgan fingerprint density at radius 2 is 1.96 bits per heavy atom. The number of nitrogens with zero attached hydrogens (tertiary/aromatic N) is 3. The highest BCUT2D eigenvalue weighted by atomic mass is 16.1. The van der Waals surface area contributed by atoms with Crippen molar-refractivity contribution < 1.29 is 4.79 Å². The van der Waals surface area contributed by atoms with E-state index in [0.717, 1.165) is 23.0 Å². The van der Waals surface area contributed by atoms with Crippen LogP contribution in [-0.4, -0.2) is 26.6 Å². The van der Waals surface area contributed by atoms with E-state index in [4.69, 9.17) is 0 Å². The summed E-state index contributed by atoms with van der Waals surface area (Å²) in [4.78, 5) is 17.0. The van der Waals surface area contributed by atoms with E-state index in [2.05, 4.69) is 52.5 Å². The molecule has 1 amide bonds. The minimum atomic E-state index is -0.0344. The molecule has 0 aliphatic heterocycles. The fraction of sp³-hybridized carbons (Fsp3) is 0.273. The Morgan fingerprint density at radius 1 is 1.15 bits per heavy atom. The van der Waals surface area contributed by atoms with Crippen LogP contribution in [0.4, 0.5) is 0 Å². The van der Waals surface area contributed by atoms with Crippen molar-refractivity contribution in [2.24, 2.45) is 7.05 Å². The van der Waals surface area contributed by atoms with Crippen LogP contribution in [0.25, 0.3) is 21.9 Å². The van der Waals surface area contributed by atoms with E-state index in [1.807, 2.05) is 36.5 Å². The van der Waals surface area contributed by atoms with Crippen LogP contribution in [0.5, 0.6) is 0 Å². The molecule has 3 aromatic heterocycles. The lowest BCUT2D eigenvalue weighted by molar-refractivity contribution is 0.0944. The smallest absolute Gasteiger partial charge is 0.268 e. The van der Waals surface area contributed by atoms with Gasteiger partial charge in [0.15, 0.2) is 0 Å². The lowest BCUT2D eigenvalue weighted by Crippen LogP contribution is -2.28. The zero-order valence-corrected chi connectivity index (χ0v) is 15.9. The molecule has 1 N–H and O–H groups in total. The van der Waals surface area contributed by atoms with E-state index in [1.165, 1.54) is 10.9 Å². The molecule has 138 valence electrons. The molecule has 5 nitrogen and oxygen atoms in total. The molecule has 1 aromatic carbocycles. The molecule has 0 bridgehead atoms. The molecule has 0 unspecified atom stereocenters. The van der Waals surface area contributed by atoms with Crippen molar-refractivity contribution in [1.82, 2.24) is 19.4 Å². The summed E-state index contributed by atoms with van der Waals surface area (Å²) in [5.74, 6) is -0.0344. The molecule has 0 spiro atoms. The number of rotatable bonds is 5. The first-order valence-electron chi connectivity index (χ1n) is 9.33. The number of hydrogen-bond donors (Lipinski definition) is 1. The maximum atomic E-state index is 12.9. The first-order valence-corrected chi connectivity index (χ1v) is 9.33. The molecule has 0 saturated carbocycles. The number of benzene rings is 1. The number of pyridine rings is 1. The molecule has 0 atom stereocenters. The van der Waals surface area contributed by atoms with Gasteiger partial charge in [-0.1, -0.05) is 24.3 Å². The number of fused-ring (bicyclic) bond motifs is 3. The molecule has 0 radical (unpaired) electrons.